The molecule has 1 saturated heterocycles. The maximum Gasteiger partial charge on any atom is 0.145 e. The van der Waals surface area contributed by atoms with Crippen LogP contribution in [0.25, 0.3) is 0 Å². The van der Waals surface area contributed by atoms with Crippen LogP contribution in [0.4, 0.5) is 0 Å². The molecule has 1 fully saturated rings. The van der Waals surface area contributed by atoms with Crippen molar-refractivity contribution >= 4 is 6.29 Å². The van der Waals surface area contributed by atoms with Gasteiger partial charge in [-0.05, 0) is 26.4 Å². The summed E-state index contributed by atoms with van der Waals surface area (Å²) in [6.07, 6.45) is 3.26. The first-order valence-electron chi connectivity index (χ1n) is 4.06. The lowest BCUT2D eigenvalue weighted by atomic mass is 10.2. The molecule has 0 spiro atoms. The van der Waals surface area contributed by atoms with Crippen LogP contribution in [0.2, 0.25) is 0 Å². The maximum atomic E-state index is 9.92. The van der Waals surface area contributed by atoms with E-state index in [0.717, 1.165) is 12.8 Å². The number of ether oxygens (including phenoxy) is 1. The van der Waals surface area contributed by atoms with Crippen LogP contribution in [0.15, 0.2) is 0 Å². The first kappa shape index (κ1) is 8.68. The molecule has 1 atom stereocenters. The Morgan fingerprint density at radius 2 is 2.55 bits per heavy atom. The van der Waals surface area contributed by atoms with Crippen LogP contribution in [0.5, 0.6) is 0 Å². The Bertz CT molecular complexity index is 127. The SMILES string of the molecule is CN1CCCC1COCC=O. The highest BCUT2D eigenvalue weighted by molar-refractivity contribution is 5.50. The Morgan fingerprint density at radius 3 is 3.09 bits per heavy atom. The molecule has 0 saturated carbocycles. The number of rotatable bonds is 4. The van der Waals surface area contributed by atoms with Crippen LogP contribution >= 0.6 is 0 Å². The van der Waals surface area contributed by atoms with Crippen LogP contribution in [0.1, 0.15) is 12.8 Å². The third-order valence-electron chi connectivity index (χ3n) is 2.17. The van der Waals surface area contributed by atoms with E-state index in [0.29, 0.717) is 12.6 Å². The van der Waals surface area contributed by atoms with Gasteiger partial charge in [0.2, 0.25) is 0 Å². The number of hydrogen-bond acceptors (Lipinski definition) is 3. The molecule has 0 N–H and O–H groups in total. The Hall–Kier alpha value is -0.410. The zero-order valence-electron chi connectivity index (χ0n) is 6.95. The second-order valence-electron chi connectivity index (χ2n) is 2.98. The van der Waals surface area contributed by atoms with Gasteiger partial charge in [-0.25, -0.2) is 0 Å². The standard InChI is InChI=1S/C8H15NO2/c1-9-4-2-3-8(9)7-11-6-5-10/h5,8H,2-4,6-7H2,1H3. The van der Waals surface area contributed by atoms with Gasteiger partial charge in [0.25, 0.3) is 0 Å². The summed E-state index contributed by atoms with van der Waals surface area (Å²) in [5.41, 5.74) is 0. The first-order valence-corrected chi connectivity index (χ1v) is 4.06. The molecular weight excluding hydrogens is 142 g/mol. The molecule has 1 rings (SSSR count). The fourth-order valence-corrected chi connectivity index (χ4v) is 1.44. The summed E-state index contributed by atoms with van der Waals surface area (Å²) < 4.78 is 5.13. The normalized spacial score (nSPS) is 25.7. The summed E-state index contributed by atoms with van der Waals surface area (Å²) in [4.78, 5) is 12.2. The minimum absolute atomic E-state index is 0.240. The van der Waals surface area contributed by atoms with Crippen molar-refractivity contribution in [2.75, 3.05) is 26.8 Å². The third kappa shape index (κ3) is 2.60. The lowest BCUT2D eigenvalue weighted by Crippen LogP contribution is -2.29. The maximum absolute atomic E-state index is 9.92. The lowest BCUT2D eigenvalue weighted by molar-refractivity contribution is -0.112. The van der Waals surface area contributed by atoms with Crippen molar-refractivity contribution in [2.24, 2.45) is 0 Å². The molecule has 1 aliphatic rings. The topological polar surface area (TPSA) is 29.5 Å². The summed E-state index contributed by atoms with van der Waals surface area (Å²) in [6.45, 7) is 2.11. The minimum atomic E-state index is 0.240. The molecule has 11 heavy (non-hydrogen) atoms. The molecule has 0 aromatic heterocycles. The second-order valence-corrected chi connectivity index (χ2v) is 2.98. The molecule has 1 aliphatic heterocycles. The van der Waals surface area contributed by atoms with E-state index in [2.05, 4.69) is 11.9 Å². The summed E-state index contributed by atoms with van der Waals surface area (Å²) >= 11 is 0. The van der Waals surface area contributed by atoms with Crippen molar-refractivity contribution in [1.29, 1.82) is 0 Å². The monoisotopic (exact) mass is 157 g/mol. The lowest BCUT2D eigenvalue weighted by Gasteiger charge is -2.18. The number of likely N-dealkylation sites (tertiary alicyclic amines) is 1. The van der Waals surface area contributed by atoms with Crippen molar-refractivity contribution in [3.05, 3.63) is 0 Å². The predicted molar refractivity (Wildman–Crippen MR) is 42.5 cm³/mol. The van der Waals surface area contributed by atoms with E-state index in [4.69, 9.17) is 4.74 Å². The van der Waals surface area contributed by atoms with Gasteiger partial charge in [0.15, 0.2) is 0 Å². The predicted octanol–water partition coefficient (Wildman–Crippen LogP) is 0.296. The Morgan fingerprint density at radius 1 is 1.73 bits per heavy atom. The fraction of sp³-hybridized carbons (Fsp3) is 0.875. The molecule has 1 heterocycles. The number of likely N-dealkylation sites (N-methyl/N-ethyl adjacent to an activating group) is 1. The Kier molecular flexibility index (Phi) is 3.52. The van der Waals surface area contributed by atoms with Crippen molar-refractivity contribution in [3.63, 3.8) is 0 Å². The Labute approximate surface area is 67.3 Å². The van der Waals surface area contributed by atoms with E-state index in [1.54, 1.807) is 0 Å². The number of aldehydes is 1. The van der Waals surface area contributed by atoms with Crippen LogP contribution in [-0.2, 0) is 9.53 Å². The van der Waals surface area contributed by atoms with Crippen LogP contribution in [0.3, 0.4) is 0 Å². The highest BCUT2D eigenvalue weighted by Crippen LogP contribution is 2.14. The highest BCUT2D eigenvalue weighted by Gasteiger charge is 2.20. The largest absolute Gasteiger partial charge is 0.372 e. The molecule has 0 radical (unpaired) electrons. The fourth-order valence-electron chi connectivity index (χ4n) is 1.44. The van der Waals surface area contributed by atoms with Gasteiger partial charge in [0.1, 0.15) is 12.9 Å². The molecule has 0 aromatic rings. The molecule has 0 aliphatic carbocycles. The van der Waals surface area contributed by atoms with Crippen molar-refractivity contribution in [3.8, 4) is 0 Å². The van der Waals surface area contributed by atoms with E-state index in [1.165, 1.54) is 12.8 Å². The quantitative estimate of drug-likeness (QED) is 0.434. The number of carbonyl (C=O) groups is 1. The molecule has 64 valence electrons. The van der Waals surface area contributed by atoms with E-state index in [-0.39, 0.29) is 6.61 Å². The Balaban J connectivity index is 2.10. The van der Waals surface area contributed by atoms with E-state index in [1.807, 2.05) is 0 Å². The summed E-state index contributed by atoms with van der Waals surface area (Å²) in [6, 6.07) is 0.537. The first-order chi connectivity index (χ1) is 5.34. The second kappa shape index (κ2) is 4.46. The number of carbonyl (C=O) groups excluding carboxylic acids is 1. The molecule has 0 amide bonds. The minimum Gasteiger partial charge on any atom is -0.372 e. The zero-order chi connectivity index (χ0) is 8.10. The van der Waals surface area contributed by atoms with Gasteiger partial charge in [0, 0.05) is 6.04 Å². The molecular formula is C8H15NO2. The average molecular weight is 157 g/mol. The summed E-state index contributed by atoms with van der Waals surface area (Å²) in [7, 11) is 2.10. The highest BCUT2D eigenvalue weighted by atomic mass is 16.5. The van der Waals surface area contributed by atoms with Gasteiger partial charge in [-0.1, -0.05) is 0 Å². The van der Waals surface area contributed by atoms with Crippen LogP contribution < -0.4 is 0 Å². The molecule has 1 unspecified atom stereocenters. The van der Waals surface area contributed by atoms with Crippen LogP contribution in [-0.4, -0.2) is 44.0 Å². The number of hydrogen-bond donors (Lipinski definition) is 0. The average Bonchev–Trinajstić information content (AvgIpc) is 2.37. The molecule has 0 bridgehead atoms. The molecule has 0 aromatic carbocycles. The van der Waals surface area contributed by atoms with Gasteiger partial charge in [-0.15, -0.1) is 0 Å². The van der Waals surface area contributed by atoms with Crippen molar-refractivity contribution in [1.82, 2.24) is 4.90 Å². The summed E-state index contributed by atoms with van der Waals surface area (Å²) in [5.74, 6) is 0. The van der Waals surface area contributed by atoms with Crippen molar-refractivity contribution in [2.45, 2.75) is 18.9 Å². The summed E-state index contributed by atoms with van der Waals surface area (Å²) in [5, 5.41) is 0. The van der Waals surface area contributed by atoms with E-state index >= 15 is 0 Å². The molecule has 3 nitrogen and oxygen atoms in total. The number of nitrogens with zero attached hydrogens (tertiary/aromatic N) is 1. The van der Waals surface area contributed by atoms with Gasteiger partial charge in [-0.2, -0.15) is 0 Å². The third-order valence-corrected chi connectivity index (χ3v) is 2.17. The zero-order valence-corrected chi connectivity index (χ0v) is 6.95. The van der Waals surface area contributed by atoms with Gasteiger partial charge < -0.3 is 14.4 Å². The van der Waals surface area contributed by atoms with Crippen LogP contribution in [0, 0.1) is 0 Å². The smallest absolute Gasteiger partial charge is 0.145 e. The van der Waals surface area contributed by atoms with Gasteiger partial charge in [-0.3, -0.25) is 0 Å². The van der Waals surface area contributed by atoms with E-state index in [9.17, 15) is 4.79 Å². The van der Waals surface area contributed by atoms with Gasteiger partial charge in [0.05, 0.1) is 6.61 Å². The van der Waals surface area contributed by atoms with Gasteiger partial charge >= 0.3 is 0 Å². The van der Waals surface area contributed by atoms with Crippen molar-refractivity contribution < 1.29 is 9.53 Å². The van der Waals surface area contributed by atoms with E-state index < -0.39 is 0 Å². The molecule has 3 heteroatoms.